The van der Waals surface area contributed by atoms with Gasteiger partial charge in [-0.15, -0.1) is 0 Å². The van der Waals surface area contributed by atoms with E-state index in [0.717, 1.165) is 33.1 Å². The molecule has 2 aromatic rings. The van der Waals surface area contributed by atoms with Gasteiger partial charge in [0.05, 0.1) is 6.42 Å². The number of hydrogen-bond acceptors (Lipinski definition) is 1. The summed E-state index contributed by atoms with van der Waals surface area (Å²) in [5.74, 6) is -0.804. The Morgan fingerprint density at radius 1 is 1.16 bits per heavy atom. The topological polar surface area (TPSA) is 37.3 Å². The average Bonchev–Trinajstić information content (AvgIpc) is 2.39. The second kappa shape index (κ2) is 6.02. The number of rotatable bonds is 4. The van der Waals surface area contributed by atoms with Crippen LogP contribution in [0.2, 0.25) is 0 Å². The molecule has 19 heavy (non-hydrogen) atoms. The molecule has 0 atom stereocenters. The molecule has 0 saturated carbocycles. The van der Waals surface area contributed by atoms with E-state index in [9.17, 15) is 4.79 Å². The Morgan fingerprint density at radius 3 is 2.53 bits per heavy atom. The van der Waals surface area contributed by atoms with Crippen molar-refractivity contribution < 1.29 is 9.90 Å². The lowest BCUT2D eigenvalue weighted by Gasteiger charge is -2.12. The van der Waals surface area contributed by atoms with Crippen molar-refractivity contribution in [3.63, 3.8) is 0 Å². The minimum Gasteiger partial charge on any atom is -0.481 e. The summed E-state index contributed by atoms with van der Waals surface area (Å²) >= 11 is 3.44. The highest BCUT2D eigenvalue weighted by Gasteiger charge is 2.11. The largest absolute Gasteiger partial charge is 0.481 e. The van der Waals surface area contributed by atoms with Gasteiger partial charge >= 0.3 is 5.97 Å². The molecule has 1 N–H and O–H groups in total. The van der Waals surface area contributed by atoms with Gasteiger partial charge in [-0.3, -0.25) is 4.79 Å². The number of carbonyl (C=O) groups is 1. The molecule has 98 valence electrons. The number of aliphatic carboxylic acids is 1. The van der Waals surface area contributed by atoms with Crippen molar-refractivity contribution in [2.24, 2.45) is 0 Å². The molecule has 0 spiro atoms. The molecule has 0 aliphatic carbocycles. The zero-order valence-electron chi connectivity index (χ0n) is 10.7. The van der Waals surface area contributed by atoms with Gasteiger partial charge in [-0.05, 0) is 34.7 Å². The zero-order valence-corrected chi connectivity index (χ0v) is 12.3. The van der Waals surface area contributed by atoms with Crippen LogP contribution in [0.1, 0.15) is 16.7 Å². The van der Waals surface area contributed by atoms with Crippen molar-refractivity contribution in [3.8, 4) is 11.1 Å². The Balaban J connectivity index is 2.58. The van der Waals surface area contributed by atoms with Crippen molar-refractivity contribution in [2.45, 2.75) is 18.7 Å². The van der Waals surface area contributed by atoms with Gasteiger partial charge in [0, 0.05) is 5.33 Å². The first-order chi connectivity index (χ1) is 9.11. The van der Waals surface area contributed by atoms with Gasteiger partial charge in [-0.25, -0.2) is 0 Å². The Morgan fingerprint density at radius 2 is 1.89 bits per heavy atom. The van der Waals surface area contributed by atoms with E-state index >= 15 is 0 Å². The highest BCUT2D eigenvalue weighted by molar-refractivity contribution is 9.08. The molecule has 2 rings (SSSR count). The van der Waals surface area contributed by atoms with Crippen LogP contribution in [0.15, 0.2) is 42.5 Å². The number of halogens is 1. The predicted molar refractivity (Wildman–Crippen MR) is 80.6 cm³/mol. The minimum atomic E-state index is -0.804. The lowest BCUT2D eigenvalue weighted by molar-refractivity contribution is -0.136. The summed E-state index contributed by atoms with van der Waals surface area (Å²) in [6, 6.07) is 14.0. The van der Waals surface area contributed by atoms with Crippen LogP contribution in [-0.4, -0.2) is 11.1 Å². The van der Waals surface area contributed by atoms with Gasteiger partial charge in [-0.2, -0.15) is 0 Å². The summed E-state index contributed by atoms with van der Waals surface area (Å²) in [5, 5.41) is 9.79. The monoisotopic (exact) mass is 318 g/mol. The summed E-state index contributed by atoms with van der Waals surface area (Å²) in [5.41, 5.74) is 5.26. The molecule has 3 heteroatoms. The first-order valence-corrected chi connectivity index (χ1v) is 7.19. The first kappa shape index (κ1) is 13.8. The third kappa shape index (κ3) is 3.24. The normalized spacial score (nSPS) is 10.4. The number of benzene rings is 2. The van der Waals surface area contributed by atoms with E-state index in [0.29, 0.717) is 0 Å². The van der Waals surface area contributed by atoms with E-state index in [1.54, 1.807) is 0 Å². The van der Waals surface area contributed by atoms with Crippen LogP contribution in [0, 0.1) is 6.92 Å². The Labute approximate surface area is 121 Å². The Kier molecular flexibility index (Phi) is 4.38. The lowest BCUT2D eigenvalue weighted by atomic mass is 9.93. The maximum Gasteiger partial charge on any atom is 0.307 e. The number of aryl methyl sites for hydroxylation is 1. The molecule has 0 bridgehead atoms. The third-order valence-electron chi connectivity index (χ3n) is 3.11. The zero-order chi connectivity index (χ0) is 13.8. The molecule has 0 fully saturated rings. The highest BCUT2D eigenvalue weighted by atomic mass is 79.9. The van der Waals surface area contributed by atoms with Gasteiger partial charge in [0.1, 0.15) is 0 Å². The van der Waals surface area contributed by atoms with Crippen LogP contribution >= 0.6 is 15.9 Å². The summed E-state index contributed by atoms with van der Waals surface area (Å²) in [7, 11) is 0. The van der Waals surface area contributed by atoms with E-state index in [1.165, 1.54) is 0 Å². The fourth-order valence-corrected chi connectivity index (χ4v) is 2.50. The molecule has 0 radical (unpaired) electrons. The summed E-state index contributed by atoms with van der Waals surface area (Å²) in [4.78, 5) is 11.0. The summed E-state index contributed by atoms with van der Waals surface area (Å²) in [6.45, 7) is 2.04. The van der Waals surface area contributed by atoms with Crippen LogP contribution < -0.4 is 0 Å². The van der Waals surface area contributed by atoms with Crippen LogP contribution in [0.4, 0.5) is 0 Å². The van der Waals surface area contributed by atoms with E-state index < -0.39 is 5.97 Å². The highest BCUT2D eigenvalue weighted by Crippen LogP contribution is 2.29. The third-order valence-corrected chi connectivity index (χ3v) is 3.75. The van der Waals surface area contributed by atoms with Crippen molar-refractivity contribution in [1.29, 1.82) is 0 Å². The molecule has 0 heterocycles. The van der Waals surface area contributed by atoms with Gasteiger partial charge in [0.2, 0.25) is 0 Å². The number of alkyl halides is 1. The maximum absolute atomic E-state index is 11.0. The second-order valence-electron chi connectivity index (χ2n) is 4.51. The molecule has 2 nitrogen and oxygen atoms in total. The molecular weight excluding hydrogens is 304 g/mol. The molecule has 0 aliphatic heterocycles. The van der Waals surface area contributed by atoms with Crippen molar-refractivity contribution in [1.82, 2.24) is 0 Å². The van der Waals surface area contributed by atoms with E-state index in [-0.39, 0.29) is 6.42 Å². The number of hydrogen-bond donors (Lipinski definition) is 1. The molecule has 0 aromatic heterocycles. The Hall–Kier alpha value is -1.61. The molecule has 0 unspecified atom stereocenters. The average molecular weight is 319 g/mol. The van der Waals surface area contributed by atoms with Crippen molar-refractivity contribution in [3.05, 3.63) is 59.2 Å². The standard InChI is InChI=1S/C16H15BrO2/c1-11-4-2-3-5-14(11)15-8-12(10-17)6-7-13(15)9-16(18)19/h2-8H,9-10H2,1H3,(H,18,19). The van der Waals surface area contributed by atoms with Crippen LogP contribution in [-0.2, 0) is 16.5 Å². The van der Waals surface area contributed by atoms with Crippen molar-refractivity contribution >= 4 is 21.9 Å². The quantitative estimate of drug-likeness (QED) is 0.858. The molecule has 2 aromatic carbocycles. The van der Waals surface area contributed by atoms with Gasteiger partial charge in [0.25, 0.3) is 0 Å². The van der Waals surface area contributed by atoms with Gasteiger partial charge in [0.15, 0.2) is 0 Å². The maximum atomic E-state index is 11.0. The molecule has 0 amide bonds. The first-order valence-electron chi connectivity index (χ1n) is 6.07. The van der Waals surface area contributed by atoms with Gasteiger partial charge < -0.3 is 5.11 Å². The fourth-order valence-electron chi connectivity index (χ4n) is 2.15. The van der Waals surface area contributed by atoms with E-state index in [4.69, 9.17) is 5.11 Å². The molecule has 0 aliphatic rings. The van der Waals surface area contributed by atoms with E-state index in [2.05, 4.69) is 22.0 Å². The van der Waals surface area contributed by atoms with Gasteiger partial charge in [-0.1, -0.05) is 58.4 Å². The lowest BCUT2D eigenvalue weighted by Crippen LogP contribution is -2.02. The van der Waals surface area contributed by atoms with Crippen LogP contribution in [0.3, 0.4) is 0 Å². The SMILES string of the molecule is Cc1ccccc1-c1cc(CBr)ccc1CC(=O)O. The second-order valence-corrected chi connectivity index (χ2v) is 5.07. The fraction of sp³-hybridized carbons (Fsp3) is 0.188. The van der Waals surface area contributed by atoms with Crippen molar-refractivity contribution in [2.75, 3.05) is 0 Å². The predicted octanol–water partition coefficient (Wildman–Crippen LogP) is 4.18. The molecule has 0 saturated heterocycles. The smallest absolute Gasteiger partial charge is 0.307 e. The Bertz CT molecular complexity index is 605. The van der Waals surface area contributed by atoms with E-state index in [1.807, 2.05) is 43.3 Å². The minimum absolute atomic E-state index is 0.0479. The number of carboxylic acids is 1. The number of carboxylic acid groups (broad SMARTS) is 1. The summed E-state index contributed by atoms with van der Waals surface area (Å²) in [6.07, 6.45) is 0.0479. The van der Waals surface area contributed by atoms with Crippen LogP contribution in [0.5, 0.6) is 0 Å². The molecular formula is C16H15BrO2. The van der Waals surface area contributed by atoms with Crippen LogP contribution in [0.25, 0.3) is 11.1 Å². The summed E-state index contributed by atoms with van der Waals surface area (Å²) < 4.78 is 0.